The summed E-state index contributed by atoms with van der Waals surface area (Å²) in [5.41, 5.74) is 4.56. The van der Waals surface area contributed by atoms with Gasteiger partial charge >= 0.3 is 12.1 Å². The summed E-state index contributed by atoms with van der Waals surface area (Å²) in [5, 5.41) is 12.5. The zero-order valence-corrected chi connectivity index (χ0v) is 24.3. The van der Waals surface area contributed by atoms with E-state index in [4.69, 9.17) is 0 Å². The van der Waals surface area contributed by atoms with Gasteiger partial charge in [-0.25, -0.2) is 0 Å². The molecule has 0 saturated carbocycles. The first kappa shape index (κ1) is 30.8. The Morgan fingerprint density at radius 1 is 0.886 bits per heavy atom. The number of rotatable bonds is 9. The number of aliphatic carboxylic acids is 1. The Labute approximate surface area is 254 Å². The van der Waals surface area contributed by atoms with Crippen LogP contribution in [0.3, 0.4) is 0 Å². The Bertz CT molecular complexity index is 1600. The molecule has 0 spiro atoms. The van der Waals surface area contributed by atoms with Crippen LogP contribution >= 0.6 is 0 Å². The van der Waals surface area contributed by atoms with Crippen LogP contribution in [0, 0.1) is 0 Å². The second-order valence-electron chi connectivity index (χ2n) is 10.9. The minimum Gasteiger partial charge on any atom is -0.480 e. The molecule has 6 nitrogen and oxygen atoms in total. The number of aryl methyl sites for hydroxylation is 1. The number of benzene rings is 4. The van der Waals surface area contributed by atoms with Gasteiger partial charge in [0, 0.05) is 36.6 Å². The van der Waals surface area contributed by atoms with Gasteiger partial charge in [0.05, 0.1) is 18.2 Å². The fourth-order valence-electron chi connectivity index (χ4n) is 5.79. The number of amides is 1. The molecule has 1 aliphatic heterocycles. The largest absolute Gasteiger partial charge is 0.480 e. The molecular weight excluding hydrogens is 567 g/mol. The summed E-state index contributed by atoms with van der Waals surface area (Å²) in [4.78, 5) is 29.2. The summed E-state index contributed by atoms with van der Waals surface area (Å²) in [6.07, 6.45) is -2.52. The van der Waals surface area contributed by atoms with E-state index in [1.54, 1.807) is 24.3 Å². The van der Waals surface area contributed by atoms with Crippen molar-refractivity contribution in [2.45, 2.75) is 32.0 Å². The van der Waals surface area contributed by atoms with Crippen LogP contribution in [0.1, 0.15) is 46.4 Å². The number of carboxylic acid groups (broad SMARTS) is 1. The molecule has 0 aromatic heterocycles. The first-order valence-corrected chi connectivity index (χ1v) is 14.6. The number of hydrogen-bond acceptors (Lipinski definition) is 4. The number of alkyl halides is 3. The molecule has 9 heteroatoms. The second-order valence-corrected chi connectivity index (χ2v) is 10.9. The van der Waals surface area contributed by atoms with E-state index in [0.717, 1.165) is 36.2 Å². The number of carbonyl (C=O) groups excluding carboxylic acids is 1. The molecule has 4 aromatic carbocycles. The highest BCUT2D eigenvalue weighted by Crippen LogP contribution is 2.33. The molecule has 1 atom stereocenters. The predicted molar refractivity (Wildman–Crippen MR) is 166 cm³/mol. The molecule has 1 aliphatic rings. The number of nitrogens with zero attached hydrogens (tertiary/aromatic N) is 2. The zero-order valence-electron chi connectivity index (χ0n) is 24.3. The van der Waals surface area contributed by atoms with Crippen LogP contribution in [0.15, 0.2) is 97.1 Å². The summed E-state index contributed by atoms with van der Waals surface area (Å²) < 4.78 is 39.1. The smallest absolute Gasteiger partial charge is 0.416 e. The second kappa shape index (κ2) is 13.3. The third kappa shape index (κ3) is 7.11. The number of piperazine rings is 1. The van der Waals surface area contributed by atoms with Crippen molar-refractivity contribution in [1.82, 2.24) is 4.90 Å². The van der Waals surface area contributed by atoms with Gasteiger partial charge in [0.2, 0.25) is 0 Å². The van der Waals surface area contributed by atoms with Crippen molar-refractivity contribution in [3.05, 3.63) is 119 Å². The standard InChI is InChI=1S/C35H34F3N3O3/c1-2-7-24-8-3-4-10-30(24)32-22-40(20-21-41(32)23-33(42)43)28-18-16-27(17-19-28)39-34(44)31-11-6-5-9-29(31)25-12-14-26(15-13-25)35(36,37)38/h3-6,8-19,32H,2,7,20-23H2,1H3,(H,39,44)(H,42,43). The number of carboxylic acids is 1. The number of carbonyl (C=O) groups is 2. The summed E-state index contributed by atoms with van der Waals surface area (Å²) in [6.45, 7) is 3.98. The molecule has 1 fully saturated rings. The summed E-state index contributed by atoms with van der Waals surface area (Å²) in [7, 11) is 0. The quantitative estimate of drug-likeness (QED) is 0.208. The molecule has 44 heavy (non-hydrogen) atoms. The highest BCUT2D eigenvalue weighted by Gasteiger charge is 2.31. The maximum atomic E-state index is 13.3. The predicted octanol–water partition coefficient (Wildman–Crippen LogP) is 7.53. The molecule has 1 unspecified atom stereocenters. The molecule has 1 saturated heterocycles. The molecular formula is C35H34F3N3O3. The average molecular weight is 602 g/mol. The van der Waals surface area contributed by atoms with Gasteiger partial charge < -0.3 is 15.3 Å². The average Bonchev–Trinajstić information content (AvgIpc) is 3.01. The fraction of sp³-hybridized carbons (Fsp3) is 0.257. The van der Waals surface area contributed by atoms with Crippen molar-refractivity contribution in [3.8, 4) is 11.1 Å². The van der Waals surface area contributed by atoms with Gasteiger partial charge in [0.25, 0.3) is 5.91 Å². The molecule has 4 aromatic rings. The third-order valence-corrected chi connectivity index (χ3v) is 7.95. The van der Waals surface area contributed by atoms with Gasteiger partial charge in [0.15, 0.2) is 0 Å². The van der Waals surface area contributed by atoms with E-state index in [9.17, 15) is 27.9 Å². The van der Waals surface area contributed by atoms with E-state index < -0.39 is 17.7 Å². The van der Waals surface area contributed by atoms with Crippen LogP contribution < -0.4 is 10.2 Å². The van der Waals surface area contributed by atoms with Crippen LogP contribution in [0.5, 0.6) is 0 Å². The topological polar surface area (TPSA) is 72.9 Å². The Balaban J connectivity index is 1.32. The Kier molecular flexibility index (Phi) is 9.35. The van der Waals surface area contributed by atoms with Gasteiger partial charge in [-0.05, 0) is 71.1 Å². The molecule has 228 valence electrons. The molecule has 0 bridgehead atoms. The molecule has 1 amide bonds. The lowest BCUT2D eigenvalue weighted by Gasteiger charge is -2.42. The SMILES string of the molecule is CCCc1ccccc1C1CN(c2ccc(NC(=O)c3ccccc3-c3ccc(C(F)(F)F)cc3)cc2)CCN1CC(=O)O. The van der Waals surface area contributed by atoms with Crippen molar-refractivity contribution in [2.75, 3.05) is 36.4 Å². The maximum absolute atomic E-state index is 13.3. The first-order valence-electron chi connectivity index (χ1n) is 14.6. The monoisotopic (exact) mass is 601 g/mol. The van der Waals surface area contributed by atoms with E-state index in [-0.39, 0.29) is 18.5 Å². The third-order valence-electron chi connectivity index (χ3n) is 7.95. The van der Waals surface area contributed by atoms with Crippen LogP contribution in [0.25, 0.3) is 11.1 Å². The molecule has 0 radical (unpaired) electrons. The summed E-state index contributed by atoms with van der Waals surface area (Å²) in [5.74, 6) is -1.22. The van der Waals surface area contributed by atoms with Crippen molar-refractivity contribution in [2.24, 2.45) is 0 Å². The van der Waals surface area contributed by atoms with E-state index in [1.807, 2.05) is 41.3 Å². The lowest BCUT2D eigenvalue weighted by molar-refractivity contribution is -0.139. The minimum atomic E-state index is -4.44. The number of halogens is 3. The van der Waals surface area contributed by atoms with Gasteiger partial charge in [-0.1, -0.05) is 67.9 Å². The minimum absolute atomic E-state index is 0.0299. The van der Waals surface area contributed by atoms with Crippen molar-refractivity contribution < 1.29 is 27.9 Å². The van der Waals surface area contributed by atoms with Crippen molar-refractivity contribution >= 4 is 23.3 Å². The zero-order chi connectivity index (χ0) is 31.3. The maximum Gasteiger partial charge on any atom is 0.416 e. The molecule has 1 heterocycles. The van der Waals surface area contributed by atoms with E-state index in [2.05, 4.69) is 29.3 Å². The Morgan fingerprint density at radius 3 is 2.25 bits per heavy atom. The van der Waals surface area contributed by atoms with Crippen LogP contribution in [-0.4, -0.2) is 48.1 Å². The van der Waals surface area contributed by atoms with Crippen LogP contribution in [-0.2, 0) is 17.4 Å². The summed E-state index contributed by atoms with van der Waals surface area (Å²) in [6, 6.07) is 27.2. The van der Waals surface area contributed by atoms with Gasteiger partial charge in [0.1, 0.15) is 0 Å². The molecule has 2 N–H and O–H groups in total. The highest BCUT2D eigenvalue weighted by atomic mass is 19.4. The number of hydrogen-bond donors (Lipinski definition) is 2. The van der Waals surface area contributed by atoms with Crippen LogP contribution in [0.4, 0.5) is 24.5 Å². The lowest BCUT2D eigenvalue weighted by atomic mass is 9.94. The lowest BCUT2D eigenvalue weighted by Crippen LogP contribution is -2.50. The van der Waals surface area contributed by atoms with Crippen LogP contribution in [0.2, 0.25) is 0 Å². The molecule has 0 aliphatic carbocycles. The van der Waals surface area contributed by atoms with Crippen molar-refractivity contribution in [3.63, 3.8) is 0 Å². The highest BCUT2D eigenvalue weighted by molar-refractivity contribution is 6.08. The normalized spacial score (nSPS) is 15.6. The van der Waals surface area contributed by atoms with E-state index in [0.29, 0.717) is 42.0 Å². The van der Waals surface area contributed by atoms with Gasteiger partial charge in [-0.15, -0.1) is 0 Å². The first-order chi connectivity index (χ1) is 21.1. The van der Waals surface area contributed by atoms with Crippen molar-refractivity contribution in [1.29, 1.82) is 0 Å². The van der Waals surface area contributed by atoms with E-state index in [1.165, 1.54) is 17.7 Å². The molecule has 5 rings (SSSR count). The Morgan fingerprint density at radius 2 is 1.57 bits per heavy atom. The summed E-state index contributed by atoms with van der Waals surface area (Å²) >= 11 is 0. The van der Waals surface area contributed by atoms with Gasteiger partial charge in [-0.3, -0.25) is 14.5 Å². The number of nitrogens with one attached hydrogen (secondary N) is 1. The fourth-order valence-corrected chi connectivity index (χ4v) is 5.79. The van der Waals surface area contributed by atoms with E-state index >= 15 is 0 Å². The number of anilines is 2. The Hall–Kier alpha value is -4.63. The van der Waals surface area contributed by atoms with Gasteiger partial charge in [-0.2, -0.15) is 13.2 Å².